The highest BCUT2D eigenvalue weighted by Crippen LogP contribution is 2.28. The number of hydrogen-bond donors (Lipinski definition) is 2. The van der Waals surface area contributed by atoms with E-state index in [4.69, 9.17) is 16.3 Å². The maximum atomic E-state index is 12.4. The first-order valence-electron chi connectivity index (χ1n) is 7.54. The molecule has 2 aromatic rings. The minimum absolute atomic E-state index is 0.167. The monoisotopic (exact) mass is 344 g/mol. The first-order valence-corrected chi connectivity index (χ1v) is 7.92. The largest absolute Gasteiger partial charge is 0.488 e. The normalized spacial score (nSPS) is 12.9. The molecule has 5 nitrogen and oxygen atoms in total. The number of amides is 1. The van der Waals surface area contributed by atoms with Crippen molar-refractivity contribution in [3.63, 3.8) is 0 Å². The van der Waals surface area contributed by atoms with Crippen LogP contribution in [-0.4, -0.2) is 17.5 Å². The highest BCUT2D eigenvalue weighted by molar-refractivity contribution is 6.30. The summed E-state index contributed by atoms with van der Waals surface area (Å²) >= 11 is 5.97. The standard InChI is InChI=1S/C18H17ClN2O3/c1-10-5-11(2)21-18(23)15(10)8-20-17(22)13-6-12-7-14(19)3-4-16(12)24-9-13/h3-7H,8-9H2,1-2H3,(H,20,22)(H,21,23). The number of pyridine rings is 1. The Morgan fingerprint density at radius 2 is 2.12 bits per heavy atom. The molecule has 1 aliphatic heterocycles. The van der Waals surface area contributed by atoms with Gasteiger partial charge in [0.25, 0.3) is 11.5 Å². The number of nitrogens with one attached hydrogen (secondary N) is 2. The Hall–Kier alpha value is -2.53. The van der Waals surface area contributed by atoms with Crippen molar-refractivity contribution in [1.29, 1.82) is 0 Å². The summed E-state index contributed by atoms with van der Waals surface area (Å²) in [4.78, 5) is 27.1. The minimum atomic E-state index is -0.264. The minimum Gasteiger partial charge on any atom is -0.488 e. The van der Waals surface area contributed by atoms with Crippen LogP contribution in [-0.2, 0) is 11.3 Å². The van der Waals surface area contributed by atoms with Gasteiger partial charge in [-0.3, -0.25) is 9.59 Å². The highest BCUT2D eigenvalue weighted by atomic mass is 35.5. The Morgan fingerprint density at radius 1 is 1.33 bits per heavy atom. The number of H-pyrrole nitrogens is 1. The zero-order chi connectivity index (χ0) is 17.3. The van der Waals surface area contributed by atoms with E-state index in [-0.39, 0.29) is 24.6 Å². The fourth-order valence-corrected chi connectivity index (χ4v) is 2.84. The number of aryl methyl sites for hydroxylation is 2. The second-order valence-corrected chi connectivity index (χ2v) is 6.20. The Labute approximate surface area is 144 Å². The van der Waals surface area contributed by atoms with Gasteiger partial charge in [0.2, 0.25) is 0 Å². The molecular formula is C18H17ClN2O3. The summed E-state index contributed by atoms with van der Waals surface area (Å²) in [6.07, 6.45) is 1.76. The molecular weight excluding hydrogens is 328 g/mol. The number of carbonyl (C=O) groups excluding carboxylic acids is 1. The van der Waals surface area contributed by atoms with Crippen LogP contribution in [0.3, 0.4) is 0 Å². The predicted octanol–water partition coefficient (Wildman–Crippen LogP) is 2.74. The number of benzene rings is 1. The number of ether oxygens (including phenoxy) is 1. The van der Waals surface area contributed by atoms with Gasteiger partial charge in [-0.15, -0.1) is 0 Å². The van der Waals surface area contributed by atoms with Crippen molar-refractivity contribution >= 4 is 23.6 Å². The predicted molar refractivity (Wildman–Crippen MR) is 93.3 cm³/mol. The number of aromatic amines is 1. The molecule has 0 atom stereocenters. The second-order valence-electron chi connectivity index (χ2n) is 5.77. The molecule has 6 heteroatoms. The van der Waals surface area contributed by atoms with E-state index >= 15 is 0 Å². The van der Waals surface area contributed by atoms with E-state index in [0.717, 1.165) is 16.8 Å². The topological polar surface area (TPSA) is 71.2 Å². The summed E-state index contributed by atoms with van der Waals surface area (Å²) in [7, 11) is 0. The zero-order valence-corrected chi connectivity index (χ0v) is 14.2. The van der Waals surface area contributed by atoms with Crippen LogP contribution in [0, 0.1) is 13.8 Å². The Balaban J connectivity index is 1.76. The third-order valence-corrected chi connectivity index (χ3v) is 4.13. The van der Waals surface area contributed by atoms with Crippen molar-refractivity contribution in [2.24, 2.45) is 0 Å². The molecule has 3 rings (SSSR count). The summed E-state index contributed by atoms with van der Waals surface area (Å²) in [6, 6.07) is 7.14. The number of halogens is 1. The lowest BCUT2D eigenvalue weighted by atomic mass is 10.1. The number of carbonyl (C=O) groups is 1. The van der Waals surface area contributed by atoms with E-state index in [0.29, 0.717) is 21.9 Å². The van der Waals surface area contributed by atoms with Crippen LogP contribution in [0.5, 0.6) is 5.75 Å². The third-order valence-electron chi connectivity index (χ3n) is 3.90. The maximum absolute atomic E-state index is 12.4. The molecule has 0 aliphatic carbocycles. The number of rotatable bonds is 3. The van der Waals surface area contributed by atoms with E-state index in [2.05, 4.69) is 10.3 Å². The van der Waals surface area contributed by atoms with Gasteiger partial charge in [0.1, 0.15) is 12.4 Å². The Bertz CT molecular complexity index is 900. The summed E-state index contributed by atoms with van der Waals surface area (Å²) < 4.78 is 5.57. The first-order chi connectivity index (χ1) is 11.4. The SMILES string of the molecule is Cc1cc(C)c(CNC(=O)C2=Cc3cc(Cl)ccc3OC2)c(=O)[nH]1. The van der Waals surface area contributed by atoms with Crippen LogP contribution in [0.1, 0.15) is 22.4 Å². The summed E-state index contributed by atoms with van der Waals surface area (Å²) in [6.45, 7) is 4.03. The van der Waals surface area contributed by atoms with Gasteiger partial charge in [-0.05, 0) is 49.8 Å². The molecule has 0 radical (unpaired) electrons. The fourth-order valence-electron chi connectivity index (χ4n) is 2.66. The van der Waals surface area contributed by atoms with Gasteiger partial charge in [0.15, 0.2) is 0 Å². The molecule has 0 bridgehead atoms. The molecule has 1 amide bonds. The molecule has 1 aromatic heterocycles. The molecule has 1 aromatic carbocycles. The molecule has 0 unspecified atom stereocenters. The van der Waals surface area contributed by atoms with Crippen molar-refractivity contribution in [2.75, 3.05) is 6.61 Å². The zero-order valence-electron chi connectivity index (χ0n) is 13.4. The Kier molecular flexibility index (Phi) is 4.44. The van der Waals surface area contributed by atoms with E-state index in [1.807, 2.05) is 19.9 Å². The van der Waals surface area contributed by atoms with E-state index in [1.165, 1.54) is 0 Å². The average molecular weight is 345 g/mol. The van der Waals surface area contributed by atoms with E-state index in [9.17, 15) is 9.59 Å². The smallest absolute Gasteiger partial charge is 0.253 e. The van der Waals surface area contributed by atoms with Gasteiger partial charge in [0, 0.05) is 28.4 Å². The van der Waals surface area contributed by atoms with Crippen LogP contribution < -0.4 is 15.6 Å². The van der Waals surface area contributed by atoms with Gasteiger partial charge < -0.3 is 15.0 Å². The third kappa shape index (κ3) is 3.36. The van der Waals surface area contributed by atoms with Gasteiger partial charge in [-0.1, -0.05) is 11.6 Å². The van der Waals surface area contributed by atoms with Crippen molar-refractivity contribution in [3.05, 3.63) is 67.6 Å². The van der Waals surface area contributed by atoms with Gasteiger partial charge in [-0.2, -0.15) is 0 Å². The molecule has 2 N–H and O–H groups in total. The number of aromatic nitrogens is 1. The van der Waals surface area contributed by atoms with E-state index in [1.54, 1.807) is 24.3 Å². The molecule has 0 saturated heterocycles. The van der Waals surface area contributed by atoms with Crippen LogP contribution in [0.25, 0.3) is 6.08 Å². The van der Waals surface area contributed by atoms with Gasteiger partial charge >= 0.3 is 0 Å². The van der Waals surface area contributed by atoms with E-state index < -0.39 is 0 Å². The molecule has 24 heavy (non-hydrogen) atoms. The lowest BCUT2D eigenvalue weighted by molar-refractivity contribution is -0.117. The fraction of sp³-hybridized carbons (Fsp3) is 0.222. The number of fused-ring (bicyclic) bond motifs is 1. The Morgan fingerprint density at radius 3 is 2.88 bits per heavy atom. The second kappa shape index (κ2) is 6.53. The molecule has 1 aliphatic rings. The summed E-state index contributed by atoms with van der Waals surface area (Å²) in [5.74, 6) is 0.432. The molecule has 124 valence electrons. The highest BCUT2D eigenvalue weighted by Gasteiger charge is 2.18. The van der Waals surface area contributed by atoms with Crippen LogP contribution in [0.4, 0.5) is 0 Å². The number of hydrogen-bond acceptors (Lipinski definition) is 3. The van der Waals surface area contributed by atoms with Gasteiger partial charge in [-0.25, -0.2) is 0 Å². The lowest BCUT2D eigenvalue weighted by Gasteiger charge is -2.18. The van der Waals surface area contributed by atoms with Crippen molar-refractivity contribution in [3.8, 4) is 5.75 Å². The van der Waals surface area contributed by atoms with Gasteiger partial charge in [0.05, 0.1) is 5.57 Å². The van der Waals surface area contributed by atoms with Crippen molar-refractivity contribution in [1.82, 2.24) is 10.3 Å². The van der Waals surface area contributed by atoms with Crippen LogP contribution in [0.15, 0.2) is 34.6 Å². The molecule has 0 fully saturated rings. The molecule has 0 saturated carbocycles. The van der Waals surface area contributed by atoms with Crippen LogP contribution in [0.2, 0.25) is 5.02 Å². The average Bonchev–Trinajstić information content (AvgIpc) is 2.52. The molecule has 2 heterocycles. The molecule has 0 spiro atoms. The summed E-state index contributed by atoms with van der Waals surface area (Å²) in [5, 5.41) is 3.36. The van der Waals surface area contributed by atoms with Crippen molar-refractivity contribution in [2.45, 2.75) is 20.4 Å². The van der Waals surface area contributed by atoms with Crippen molar-refractivity contribution < 1.29 is 9.53 Å². The quantitative estimate of drug-likeness (QED) is 0.899. The lowest BCUT2D eigenvalue weighted by Crippen LogP contribution is -2.31. The summed E-state index contributed by atoms with van der Waals surface area (Å²) in [5.41, 5.74) is 3.27. The first kappa shape index (κ1) is 16.3. The van der Waals surface area contributed by atoms with Crippen LogP contribution >= 0.6 is 11.6 Å². The maximum Gasteiger partial charge on any atom is 0.253 e.